The summed E-state index contributed by atoms with van der Waals surface area (Å²) in [5.74, 6) is 2.46. The summed E-state index contributed by atoms with van der Waals surface area (Å²) in [7, 11) is 0. The van der Waals surface area contributed by atoms with Crippen molar-refractivity contribution in [2.45, 2.75) is 18.3 Å². The number of thioether (sulfide) groups is 1. The molecule has 0 aliphatic carbocycles. The van der Waals surface area contributed by atoms with E-state index in [-0.39, 0.29) is 5.91 Å². The Kier molecular flexibility index (Phi) is 5.41. The van der Waals surface area contributed by atoms with Crippen molar-refractivity contribution in [3.8, 4) is 5.75 Å². The third-order valence-corrected chi connectivity index (χ3v) is 4.78. The van der Waals surface area contributed by atoms with Gasteiger partial charge >= 0.3 is 0 Å². The summed E-state index contributed by atoms with van der Waals surface area (Å²) in [5.41, 5.74) is 2.23. The topological polar surface area (TPSA) is 51.2 Å². The van der Waals surface area contributed by atoms with E-state index in [1.165, 1.54) is 0 Å². The number of ether oxygens (including phenoxy) is 1. The number of aromatic nitrogens is 1. The van der Waals surface area contributed by atoms with Crippen LogP contribution in [0.4, 0.5) is 0 Å². The number of carbonyl (C=O) groups is 1. The van der Waals surface area contributed by atoms with Crippen LogP contribution in [0.3, 0.4) is 0 Å². The van der Waals surface area contributed by atoms with Crippen molar-refractivity contribution in [2.24, 2.45) is 0 Å². The average Bonchev–Trinajstić information content (AvgIpc) is 2.98. The molecule has 1 aliphatic rings. The summed E-state index contributed by atoms with van der Waals surface area (Å²) in [4.78, 5) is 16.1. The molecule has 0 radical (unpaired) electrons. The highest BCUT2D eigenvalue weighted by Gasteiger charge is 2.28. The lowest BCUT2D eigenvalue weighted by molar-refractivity contribution is -0.127. The number of carbonyl (C=O) groups excluding carboxylic acids is 1. The van der Waals surface area contributed by atoms with Gasteiger partial charge in [-0.25, -0.2) is 4.98 Å². The number of nitrogens with zero attached hydrogens (tertiary/aromatic N) is 1. The van der Waals surface area contributed by atoms with Crippen molar-refractivity contribution in [1.82, 2.24) is 10.3 Å². The molecule has 23 heavy (non-hydrogen) atoms. The van der Waals surface area contributed by atoms with Crippen molar-refractivity contribution in [1.29, 1.82) is 0 Å². The number of rotatable bonds is 6. The molecule has 1 aromatic heterocycles. The van der Waals surface area contributed by atoms with E-state index in [0.29, 0.717) is 18.1 Å². The van der Waals surface area contributed by atoms with Gasteiger partial charge in [0.1, 0.15) is 10.9 Å². The summed E-state index contributed by atoms with van der Waals surface area (Å²) in [5, 5.41) is 3.44. The molecule has 0 spiro atoms. The summed E-state index contributed by atoms with van der Waals surface area (Å²) >= 11 is 7.59. The maximum Gasteiger partial charge on any atom is 0.261 e. The van der Waals surface area contributed by atoms with Crippen LogP contribution >= 0.6 is 23.4 Å². The number of fused-ring (bicyclic) bond motifs is 1. The van der Waals surface area contributed by atoms with Gasteiger partial charge in [-0.1, -0.05) is 29.8 Å². The maximum atomic E-state index is 12.1. The molecule has 6 heteroatoms. The normalized spacial score (nSPS) is 15.8. The van der Waals surface area contributed by atoms with Gasteiger partial charge < -0.3 is 10.1 Å². The molecule has 3 rings (SSSR count). The van der Waals surface area contributed by atoms with Gasteiger partial charge in [-0.05, 0) is 29.3 Å². The number of amides is 1. The zero-order valence-electron chi connectivity index (χ0n) is 12.5. The van der Waals surface area contributed by atoms with E-state index in [0.717, 1.165) is 28.4 Å². The van der Waals surface area contributed by atoms with Crippen molar-refractivity contribution >= 4 is 29.3 Å². The Morgan fingerprint density at radius 1 is 1.39 bits per heavy atom. The fraction of sp³-hybridized carbons (Fsp3) is 0.294. The summed E-state index contributed by atoms with van der Waals surface area (Å²) in [6.07, 6.45) is 1.94. The van der Waals surface area contributed by atoms with Crippen LogP contribution in [0.1, 0.15) is 11.1 Å². The van der Waals surface area contributed by atoms with Crippen molar-refractivity contribution in [3.05, 3.63) is 58.9 Å². The first kappa shape index (κ1) is 16.1. The summed E-state index contributed by atoms with van der Waals surface area (Å²) in [6, 6.07) is 11.6. The quantitative estimate of drug-likeness (QED) is 0.644. The van der Waals surface area contributed by atoms with Crippen LogP contribution in [0.5, 0.6) is 5.75 Å². The molecule has 1 unspecified atom stereocenters. The Hall–Kier alpha value is -1.72. The second-order valence-corrected chi connectivity index (χ2v) is 6.74. The highest BCUT2D eigenvalue weighted by molar-refractivity contribution is 7.98. The smallest absolute Gasteiger partial charge is 0.261 e. The standard InChI is InChI=1S/C17H17ClN2O2S/c18-16-9-12(5-6-19-16)11-23-8-7-20-17(21)15-10-13-3-1-2-4-14(13)22-15/h1-6,9,15H,7-8,10-11H2,(H,20,21). The SMILES string of the molecule is O=C(NCCSCc1ccnc(Cl)c1)C1Cc2ccccc2O1. The Morgan fingerprint density at radius 2 is 2.26 bits per heavy atom. The molecule has 4 nitrogen and oxygen atoms in total. The van der Waals surface area contributed by atoms with Crippen LogP contribution in [0.25, 0.3) is 0 Å². The Bertz CT molecular complexity index is 671. The van der Waals surface area contributed by atoms with Gasteiger partial charge in [0.25, 0.3) is 5.91 Å². The van der Waals surface area contributed by atoms with Crippen LogP contribution in [0.15, 0.2) is 42.6 Å². The first-order valence-electron chi connectivity index (χ1n) is 7.43. The third-order valence-electron chi connectivity index (χ3n) is 3.54. The third kappa shape index (κ3) is 4.39. The lowest BCUT2D eigenvalue weighted by Crippen LogP contribution is -2.38. The largest absolute Gasteiger partial charge is 0.480 e. The molecule has 1 aliphatic heterocycles. The second-order valence-electron chi connectivity index (χ2n) is 5.25. The molecular formula is C17H17ClN2O2S. The summed E-state index contributed by atoms with van der Waals surface area (Å²) in [6.45, 7) is 0.624. The van der Waals surface area contributed by atoms with E-state index in [1.807, 2.05) is 36.4 Å². The Morgan fingerprint density at radius 3 is 3.09 bits per heavy atom. The molecule has 2 aromatic rings. The van der Waals surface area contributed by atoms with E-state index in [2.05, 4.69) is 10.3 Å². The number of hydrogen-bond acceptors (Lipinski definition) is 4. The zero-order chi connectivity index (χ0) is 16.1. The van der Waals surface area contributed by atoms with Gasteiger partial charge in [0.15, 0.2) is 6.10 Å². The number of nitrogens with one attached hydrogen (secondary N) is 1. The molecule has 1 amide bonds. The second kappa shape index (κ2) is 7.70. The predicted molar refractivity (Wildman–Crippen MR) is 93.0 cm³/mol. The zero-order valence-corrected chi connectivity index (χ0v) is 14.1. The number of para-hydroxylation sites is 1. The minimum Gasteiger partial charge on any atom is -0.480 e. The van der Waals surface area contributed by atoms with Gasteiger partial charge in [0, 0.05) is 30.7 Å². The van der Waals surface area contributed by atoms with Crippen LogP contribution in [0, 0.1) is 0 Å². The van der Waals surface area contributed by atoms with Gasteiger partial charge in [0.2, 0.25) is 0 Å². The highest BCUT2D eigenvalue weighted by Crippen LogP contribution is 2.28. The Balaban J connectivity index is 1.36. The molecular weight excluding hydrogens is 332 g/mol. The highest BCUT2D eigenvalue weighted by atomic mass is 35.5. The molecule has 0 bridgehead atoms. The average molecular weight is 349 g/mol. The van der Waals surface area contributed by atoms with E-state index in [1.54, 1.807) is 18.0 Å². The first-order valence-corrected chi connectivity index (χ1v) is 8.96. The minimum absolute atomic E-state index is 0.0474. The first-order chi connectivity index (χ1) is 11.2. The van der Waals surface area contributed by atoms with Crippen LogP contribution in [-0.4, -0.2) is 29.3 Å². The van der Waals surface area contributed by atoms with Gasteiger partial charge in [-0.15, -0.1) is 0 Å². The number of halogens is 1. The van der Waals surface area contributed by atoms with Crippen molar-refractivity contribution in [2.75, 3.05) is 12.3 Å². The van der Waals surface area contributed by atoms with Crippen LogP contribution in [0.2, 0.25) is 5.15 Å². The van der Waals surface area contributed by atoms with E-state index >= 15 is 0 Å². The molecule has 120 valence electrons. The number of hydrogen-bond donors (Lipinski definition) is 1. The van der Waals surface area contributed by atoms with Gasteiger partial charge in [-0.2, -0.15) is 11.8 Å². The van der Waals surface area contributed by atoms with Crippen molar-refractivity contribution in [3.63, 3.8) is 0 Å². The van der Waals surface area contributed by atoms with Gasteiger partial charge in [-0.3, -0.25) is 4.79 Å². The maximum absolute atomic E-state index is 12.1. The molecule has 2 heterocycles. The summed E-state index contributed by atoms with van der Waals surface area (Å²) < 4.78 is 5.67. The lowest BCUT2D eigenvalue weighted by atomic mass is 10.1. The van der Waals surface area contributed by atoms with Crippen LogP contribution in [-0.2, 0) is 17.0 Å². The van der Waals surface area contributed by atoms with E-state index < -0.39 is 6.10 Å². The van der Waals surface area contributed by atoms with E-state index in [9.17, 15) is 4.79 Å². The minimum atomic E-state index is -0.406. The predicted octanol–water partition coefficient (Wildman–Crippen LogP) is 3.09. The number of pyridine rings is 1. The molecule has 1 N–H and O–H groups in total. The molecule has 1 aromatic carbocycles. The fourth-order valence-corrected chi connectivity index (χ4v) is 3.41. The van der Waals surface area contributed by atoms with Gasteiger partial charge in [0.05, 0.1) is 0 Å². The number of benzene rings is 1. The van der Waals surface area contributed by atoms with E-state index in [4.69, 9.17) is 16.3 Å². The Labute approximate surface area is 144 Å². The molecule has 1 atom stereocenters. The fourth-order valence-electron chi connectivity index (χ4n) is 2.41. The molecule has 0 fully saturated rings. The monoisotopic (exact) mass is 348 g/mol. The van der Waals surface area contributed by atoms with Crippen molar-refractivity contribution < 1.29 is 9.53 Å². The molecule has 0 saturated carbocycles. The lowest BCUT2D eigenvalue weighted by Gasteiger charge is -2.11. The molecule has 0 saturated heterocycles. The van der Waals surface area contributed by atoms with Crippen LogP contribution < -0.4 is 10.1 Å².